The van der Waals surface area contributed by atoms with Crippen LogP contribution in [-0.2, 0) is 9.47 Å². The van der Waals surface area contributed by atoms with Crippen LogP contribution in [0.4, 0.5) is 5.69 Å². The van der Waals surface area contributed by atoms with Gasteiger partial charge in [-0.3, -0.25) is 0 Å². The maximum absolute atomic E-state index is 5.17. The zero-order chi connectivity index (χ0) is 14.5. The Bertz CT molecular complexity index is 320. The Hall–Kier alpha value is -1.10. The summed E-state index contributed by atoms with van der Waals surface area (Å²) < 4.78 is 10.3. The number of rotatable bonds is 12. The number of hydrogen-bond acceptors (Lipinski definition) is 4. The molecule has 0 atom stereocenters. The first-order valence-corrected chi connectivity index (χ1v) is 7.36. The van der Waals surface area contributed by atoms with Crippen molar-refractivity contribution < 1.29 is 9.47 Å². The minimum absolute atomic E-state index is 0.791. The molecule has 20 heavy (non-hydrogen) atoms. The summed E-state index contributed by atoms with van der Waals surface area (Å²) in [7, 11) is 3.51. The molecule has 1 rings (SSSR count). The third kappa shape index (κ3) is 8.15. The van der Waals surface area contributed by atoms with Crippen LogP contribution in [0.5, 0.6) is 0 Å². The first-order valence-electron chi connectivity index (χ1n) is 7.36. The lowest BCUT2D eigenvalue weighted by Crippen LogP contribution is -2.31. The third-order valence-corrected chi connectivity index (χ3v) is 3.19. The number of anilines is 1. The van der Waals surface area contributed by atoms with Gasteiger partial charge < -0.3 is 19.7 Å². The van der Waals surface area contributed by atoms with Crippen LogP contribution in [0.1, 0.15) is 12.8 Å². The standard InChI is InChI=1S/C16H28N2O2/c1-19-14-7-12-18(13-15-20-2)11-6-10-17-16-8-4-3-5-9-16/h3-5,8-9,17H,6-7,10-15H2,1-2H3. The monoisotopic (exact) mass is 280 g/mol. The van der Waals surface area contributed by atoms with Crippen molar-refractivity contribution in [3.63, 3.8) is 0 Å². The molecule has 114 valence electrons. The molecule has 1 aromatic carbocycles. The zero-order valence-corrected chi connectivity index (χ0v) is 12.8. The minimum atomic E-state index is 0.791. The van der Waals surface area contributed by atoms with Crippen molar-refractivity contribution in [2.75, 3.05) is 58.9 Å². The summed E-state index contributed by atoms with van der Waals surface area (Å²) in [5.41, 5.74) is 1.19. The molecule has 0 aliphatic heterocycles. The van der Waals surface area contributed by atoms with E-state index in [1.54, 1.807) is 14.2 Å². The number of benzene rings is 1. The maximum Gasteiger partial charge on any atom is 0.0589 e. The fourth-order valence-electron chi connectivity index (χ4n) is 2.08. The molecule has 0 aromatic heterocycles. The van der Waals surface area contributed by atoms with Gasteiger partial charge in [-0.1, -0.05) is 18.2 Å². The second-order valence-corrected chi connectivity index (χ2v) is 4.83. The normalized spacial score (nSPS) is 10.9. The van der Waals surface area contributed by atoms with Gasteiger partial charge in [-0.05, 0) is 31.5 Å². The predicted octanol–water partition coefficient (Wildman–Crippen LogP) is 2.47. The molecule has 0 aliphatic rings. The van der Waals surface area contributed by atoms with Crippen molar-refractivity contribution >= 4 is 5.69 Å². The molecule has 4 nitrogen and oxygen atoms in total. The highest BCUT2D eigenvalue weighted by atomic mass is 16.5. The molecule has 0 radical (unpaired) electrons. The summed E-state index contributed by atoms with van der Waals surface area (Å²) >= 11 is 0. The Balaban J connectivity index is 2.16. The van der Waals surface area contributed by atoms with E-state index < -0.39 is 0 Å². The summed E-state index contributed by atoms with van der Waals surface area (Å²) in [4.78, 5) is 2.44. The number of hydrogen-bond donors (Lipinski definition) is 1. The van der Waals surface area contributed by atoms with E-state index >= 15 is 0 Å². The first-order chi connectivity index (χ1) is 9.86. The molecule has 0 amide bonds. The van der Waals surface area contributed by atoms with Crippen LogP contribution in [0.25, 0.3) is 0 Å². The number of nitrogens with zero attached hydrogens (tertiary/aromatic N) is 1. The van der Waals surface area contributed by atoms with Crippen LogP contribution in [0, 0.1) is 0 Å². The van der Waals surface area contributed by atoms with E-state index in [0.29, 0.717) is 0 Å². The molecule has 0 heterocycles. The van der Waals surface area contributed by atoms with Gasteiger partial charge in [0.15, 0.2) is 0 Å². The van der Waals surface area contributed by atoms with Crippen molar-refractivity contribution in [2.45, 2.75) is 12.8 Å². The molecule has 1 N–H and O–H groups in total. The molecule has 0 aliphatic carbocycles. The molecule has 0 saturated carbocycles. The molecule has 0 saturated heterocycles. The molecule has 0 bridgehead atoms. The second kappa shape index (κ2) is 11.7. The second-order valence-electron chi connectivity index (χ2n) is 4.83. The van der Waals surface area contributed by atoms with Crippen LogP contribution >= 0.6 is 0 Å². The summed E-state index contributed by atoms with van der Waals surface area (Å²) in [6.07, 6.45) is 2.21. The molecule has 0 fully saturated rings. The Labute approximate surface area is 123 Å². The van der Waals surface area contributed by atoms with E-state index in [0.717, 1.165) is 52.2 Å². The number of nitrogens with one attached hydrogen (secondary N) is 1. The summed E-state index contributed by atoms with van der Waals surface area (Å²) in [6, 6.07) is 10.3. The summed E-state index contributed by atoms with van der Waals surface area (Å²) in [5, 5.41) is 3.44. The Kier molecular flexibility index (Phi) is 9.92. The number of ether oxygens (including phenoxy) is 2. The number of methoxy groups -OCH3 is 2. The topological polar surface area (TPSA) is 33.7 Å². The van der Waals surface area contributed by atoms with Gasteiger partial charge in [0, 0.05) is 46.1 Å². The quantitative estimate of drug-likeness (QED) is 0.596. The van der Waals surface area contributed by atoms with Crippen LogP contribution in [-0.4, -0.2) is 58.5 Å². The van der Waals surface area contributed by atoms with Crippen LogP contribution < -0.4 is 5.32 Å². The van der Waals surface area contributed by atoms with Crippen molar-refractivity contribution in [3.05, 3.63) is 30.3 Å². The van der Waals surface area contributed by atoms with Gasteiger partial charge >= 0.3 is 0 Å². The van der Waals surface area contributed by atoms with Gasteiger partial charge in [0.1, 0.15) is 0 Å². The average Bonchev–Trinajstić information content (AvgIpc) is 2.49. The largest absolute Gasteiger partial charge is 0.385 e. The fraction of sp³-hybridized carbons (Fsp3) is 0.625. The van der Waals surface area contributed by atoms with Gasteiger partial charge in [-0.2, -0.15) is 0 Å². The van der Waals surface area contributed by atoms with Gasteiger partial charge in [0.05, 0.1) is 6.61 Å². The first kappa shape index (κ1) is 17.0. The van der Waals surface area contributed by atoms with Gasteiger partial charge in [0.25, 0.3) is 0 Å². The zero-order valence-electron chi connectivity index (χ0n) is 12.8. The lowest BCUT2D eigenvalue weighted by atomic mass is 10.3. The van der Waals surface area contributed by atoms with E-state index in [1.807, 2.05) is 6.07 Å². The van der Waals surface area contributed by atoms with Gasteiger partial charge in [-0.15, -0.1) is 0 Å². The highest BCUT2D eigenvalue weighted by Crippen LogP contribution is 2.05. The highest BCUT2D eigenvalue weighted by molar-refractivity contribution is 5.42. The molecule has 0 spiro atoms. The van der Waals surface area contributed by atoms with Crippen LogP contribution in [0.15, 0.2) is 30.3 Å². The van der Waals surface area contributed by atoms with E-state index in [4.69, 9.17) is 9.47 Å². The van der Waals surface area contributed by atoms with E-state index in [-0.39, 0.29) is 0 Å². The van der Waals surface area contributed by atoms with E-state index in [2.05, 4.69) is 34.5 Å². The van der Waals surface area contributed by atoms with Crippen molar-refractivity contribution in [2.24, 2.45) is 0 Å². The van der Waals surface area contributed by atoms with Crippen molar-refractivity contribution in [3.8, 4) is 0 Å². The molecule has 0 unspecified atom stereocenters. The smallest absolute Gasteiger partial charge is 0.0589 e. The Morgan fingerprint density at radius 3 is 2.30 bits per heavy atom. The van der Waals surface area contributed by atoms with Crippen molar-refractivity contribution in [1.29, 1.82) is 0 Å². The molecule has 1 aromatic rings. The molecule has 4 heteroatoms. The van der Waals surface area contributed by atoms with E-state index in [1.165, 1.54) is 5.69 Å². The number of para-hydroxylation sites is 1. The maximum atomic E-state index is 5.17. The Morgan fingerprint density at radius 2 is 1.60 bits per heavy atom. The summed E-state index contributed by atoms with van der Waals surface area (Å²) in [6.45, 7) is 5.77. The Morgan fingerprint density at radius 1 is 0.900 bits per heavy atom. The third-order valence-electron chi connectivity index (χ3n) is 3.19. The predicted molar refractivity (Wildman–Crippen MR) is 84.4 cm³/mol. The molecular formula is C16H28N2O2. The fourth-order valence-corrected chi connectivity index (χ4v) is 2.08. The minimum Gasteiger partial charge on any atom is -0.385 e. The highest BCUT2D eigenvalue weighted by Gasteiger charge is 2.04. The summed E-state index contributed by atoms with van der Waals surface area (Å²) in [5.74, 6) is 0. The van der Waals surface area contributed by atoms with Gasteiger partial charge in [0.2, 0.25) is 0 Å². The van der Waals surface area contributed by atoms with E-state index in [9.17, 15) is 0 Å². The van der Waals surface area contributed by atoms with Crippen LogP contribution in [0.2, 0.25) is 0 Å². The SMILES string of the molecule is COCCCN(CCCNc1ccccc1)CCOC. The van der Waals surface area contributed by atoms with Gasteiger partial charge in [-0.25, -0.2) is 0 Å². The van der Waals surface area contributed by atoms with Crippen molar-refractivity contribution in [1.82, 2.24) is 4.90 Å². The average molecular weight is 280 g/mol. The molecular weight excluding hydrogens is 252 g/mol. The lowest BCUT2D eigenvalue weighted by Gasteiger charge is -2.22. The van der Waals surface area contributed by atoms with Crippen LogP contribution in [0.3, 0.4) is 0 Å². The lowest BCUT2D eigenvalue weighted by molar-refractivity contribution is 0.132.